The molecular weight excluding hydrogens is 274 g/mol. The highest BCUT2D eigenvalue weighted by Crippen LogP contribution is 2.24. The Morgan fingerprint density at radius 3 is 2.90 bits per heavy atom. The third kappa shape index (κ3) is 3.48. The number of nitrogens with one attached hydrogen (secondary N) is 1. The second kappa shape index (κ2) is 6.38. The number of benzene rings is 1. The molecular formula is C14H17N3O2S. The van der Waals surface area contributed by atoms with Crippen molar-refractivity contribution in [1.29, 1.82) is 0 Å². The van der Waals surface area contributed by atoms with Gasteiger partial charge in [-0.25, -0.2) is 4.98 Å². The van der Waals surface area contributed by atoms with Crippen LogP contribution in [0.15, 0.2) is 23.6 Å². The van der Waals surface area contributed by atoms with Crippen molar-refractivity contribution in [2.75, 3.05) is 18.2 Å². The summed E-state index contributed by atoms with van der Waals surface area (Å²) in [4.78, 5) is 16.3. The number of carbonyl (C=O) groups excluding carboxylic acids is 1. The van der Waals surface area contributed by atoms with E-state index in [9.17, 15) is 4.79 Å². The fourth-order valence-corrected chi connectivity index (χ4v) is 2.52. The number of carbonyl (C=O) groups is 1. The Morgan fingerprint density at radius 1 is 1.50 bits per heavy atom. The summed E-state index contributed by atoms with van der Waals surface area (Å²) in [6.45, 7) is 2.04. The highest BCUT2D eigenvalue weighted by molar-refractivity contribution is 7.09. The quantitative estimate of drug-likeness (QED) is 0.830. The fourth-order valence-electron chi connectivity index (χ4n) is 1.77. The molecule has 0 fully saturated rings. The number of nitrogen functional groups attached to an aromatic ring is 1. The van der Waals surface area contributed by atoms with Crippen molar-refractivity contribution >= 4 is 28.6 Å². The minimum absolute atomic E-state index is 0.109. The average Bonchev–Trinajstić information content (AvgIpc) is 2.86. The Kier molecular flexibility index (Phi) is 4.57. The maximum Gasteiger partial charge on any atom is 0.230 e. The summed E-state index contributed by atoms with van der Waals surface area (Å²) < 4.78 is 5.07. The second-order valence-electron chi connectivity index (χ2n) is 4.27. The number of nitrogens with two attached hydrogens (primary N) is 1. The van der Waals surface area contributed by atoms with Gasteiger partial charge in [0.1, 0.15) is 5.75 Å². The summed E-state index contributed by atoms with van der Waals surface area (Å²) >= 11 is 1.58. The number of hydrogen-bond acceptors (Lipinski definition) is 5. The van der Waals surface area contributed by atoms with Gasteiger partial charge in [0.15, 0.2) is 0 Å². The van der Waals surface area contributed by atoms with Gasteiger partial charge in [-0.2, -0.15) is 0 Å². The van der Waals surface area contributed by atoms with Crippen LogP contribution >= 0.6 is 11.3 Å². The molecule has 0 saturated heterocycles. The Bertz CT molecular complexity index is 610. The summed E-state index contributed by atoms with van der Waals surface area (Å²) in [5, 5.41) is 5.76. The van der Waals surface area contributed by atoms with Crippen LogP contribution < -0.4 is 15.8 Å². The average molecular weight is 291 g/mol. The molecule has 1 heterocycles. The molecule has 0 bridgehead atoms. The molecule has 2 rings (SSSR count). The number of anilines is 2. The van der Waals surface area contributed by atoms with Crippen LogP contribution in [0.5, 0.6) is 5.75 Å². The summed E-state index contributed by atoms with van der Waals surface area (Å²) in [6.07, 6.45) is 1.16. The first-order valence-electron chi connectivity index (χ1n) is 6.29. The molecule has 20 heavy (non-hydrogen) atoms. The predicted octanol–water partition coefficient (Wildman–Crippen LogP) is 2.48. The summed E-state index contributed by atoms with van der Waals surface area (Å²) in [5.41, 5.74) is 7.74. The molecule has 0 saturated carbocycles. The fraction of sp³-hybridized carbons (Fsp3) is 0.286. The maximum absolute atomic E-state index is 11.9. The Morgan fingerprint density at radius 2 is 2.30 bits per heavy atom. The third-order valence-electron chi connectivity index (χ3n) is 2.76. The number of hydrogen-bond donors (Lipinski definition) is 2. The molecule has 0 spiro atoms. The lowest BCUT2D eigenvalue weighted by Crippen LogP contribution is -2.14. The van der Waals surface area contributed by atoms with Crippen LogP contribution in [-0.4, -0.2) is 18.0 Å². The minimum Gasteiger partial charge on any atom is -0.495 e. The molecule has 1 amide bonds. The Balaban J connectivity index is 1.99. The largest absolute Gasteiger partial charge is 0.495 e. The number of amides is 1. The van der Waals surface area contributed by atoms with Gasteiger partial charge in [0.25, 0.3) is 0 Å². The molecule has 106 valence electrons. The number of thiazole rings is 1. The minimum atomic E-state index is -0.109. The van der Waals surface area contributed by atoms with Crippen LogP contribution in [0, 0.1) is 0 Å². The van der Waals surface area contributed by atoms with Crippen molar-refractivity contribution in [2.24, 2.45) is 0 Å². The van der Waals surface area contributed by atoms with E-state index in [1.165, 1.54) is 0 Å². The molecule has 1 aromatic carbocycles. The SMILES string of the molecule is CCc1nc(CC(=O)Nc2ccc(OC)c(N)c2)cs1. The standard InChI is InChI=1S/C14H17N3O2S/c1-3-14-17-10(8-20-14)7-13(18)16-9-4-5-12(19-2)11(15)6-9/h4-6,8H,3,7,15H2,1-2H3,(H,16,18). The van der Waals surface area contributed by atoms with E-state index in [0.29, 0.717) is 17.1 Å². The lowest BCUT2D eigenvalue weighted by atomic mass is 10.2. The lowest BCUT2D eigenvalue weighted by Gasteiger charge is -2.08. The number of nitrogens with zero attached hydrogens (tertiary/aromatic N) is 1. The van der Waals surface area contributed by atoms with Crippen LogP contribution in [0.1, 0.15) is 17.6 Å². The first kappa shape index (κ1) is 14.3. The number of methoxy groups -OCH3 is 1. The second-order valence-corrected chi connectivity index (χ2v) is 5.21. The summed E-state index contributed by atoms with van der Waals surface area (Å²) in [6, 6.07) is 5.16. The zero-order chi connectivity index (χ0) is 14.5. The highest BCUT2D eigenvalue weighted by Gasteiger charge is 2.08. The normalized spacial score (nSPS) is 10.3. The molecule has 0 radical (unpaired) electrons. The van der Waals surface area contributed by atoms with Gasteiger partial charge in [-0.05, 0) is 24.6 Å². The summed E-state index contributed by atoms with van der Waals surface area (Å²) in [5.74, 6) is 0.484. The zero-order valence-electron chi connectivity index (χ0n) is 11.5. The van der Waals surface area contributed by atoms with Gasteiger partial charge in [0.05, 0.1) is 29.9 Å². The summed E-state index contributed by atoms with van der Waals surface area (Å²) in [7, 11) is 1.55. The van der Waals surface area contributed by atoms with E-state index in [0.717, 1.165) is 17.1 Å². The van der Waals surface area contributed by atoms with E-state index >= 15 is 0 Å². The van der Waals surface area contributed by atoms with Crippen molar-refractivity contribution in [1.82, 2.24) is 4.98 Å². The van der Waals surface area contributed by atoms with Crippen molar-refractivity contribution in [2.45, 2.75) is 19.8 Å². The molecule has 3 N–H and O–H groups in total. The Hall–Kier alpha value is -2.08. The molecule has 2 aromatic rings. The predicted molar refractivity (Wildman–Crippen MR) is 81.2 cm³/mol. The van der Waals surface area contributed by atoms with E-state index in [4.69, 9.17) is 10.5 Å². The number of rotatable bonds is 5. The Labute approximate surface area is 121 Å². The monoisotopic (exact) mass is 291 g/mol. The van der Waals surface area contributed by atoms with E-state index in [-0.39, 0.29) is 12.3 Å². The topological polar surface area (TPSA) is 77.2 Å². The molecule has 0 aliphatic carbocycles. The molecule has 0 aliphatic heterocycles. The molecule has 6 heteroatoms. The maximum atomic E-state index is 11.9. The zero-order valence-corrected chi connectivity index (χ0v) is 12.3. The lowest BCUT2D eigenvalue weighted by molar-refractivity contribution is -0.115. The van der Waals surface area contributed by atoms with Crippen LogP contribution in [0.3, 0.4) is 0 Å². The van der Waals surface area contributed by atoms with E-state index < -0.39 is 0 Å². The molecule has 0 atom stereocenters. The highest BCUT2D eigenvalue weighted by atomic mass is 32.1. The van der Waals surface area contributed by atoms with Gasteiger partial charge in [-0.15, -0.1) is 11.3 Å². The van der Waals surface area contributed by atoms with Crippen molar-refractivity contribution < 1.29 is 9.53 Å². The van der Waals surface area contributed by atoms with Gasteiger partial charge in [-0.3, -0.25) is 4.79 Å². The van der Waals surface area contributed by atoms with Crippen LogP contribution in [0.4, 0.5) is 11.4 Å². The first-order chi connectivity index (χ1) is 9.62. The van der Waals surface area contributed by atoms with Crippen LogP contribution in [-0.2, 0) is 17.6 Å². The van der Waals surface area contributed by atoms with Gasteiger partial charge >= 0.3 is 0 Å². The van der Waals surface area contributed by atoms with Crippen LogP contribution in [0.25, 0.3) is 0 Å². The van der Waals surface area contributed by atoms with Gasteiger partial charge < -0.3 is 15.8 Å². The number of ether oxygens (including phenoxy) is 1. The first-order valence-corrected chi connectivity index (χ1v) is 7.17. The molecule has 5 nitrogen and oxygen atoms in total. The third-order valence-corrected chi connectivity index (χ3v) is 3.80. The van der Waals surface area contributed by atoms with Crippen LogP contribution in [0.2, 0.25) is 0 Å². The van der Waals surface area contributed by atoms with E-state index in [1.54, 1.807) is 36.6 Å². The van der Waals surface area contributed by atoms with Crippen molar-refractivity contribution in [3.8, 4) is 5.75 Å². The molecule has 1 aromatic heterocycles. The number of aryl methyl sites for hydroxylation is 1. The van der Waals surface area contributed by atoms with Crippen molar-refractivity contribution in [3.63, 3.8) is 0 Å². The smallest absolute Gasteiger partial charge is 0.230 e. The van der Waals surface area contributed by atoms with E-state index in [2.05, 4.69) is 10.3 Å². The van der Waals surface area contributed by atoms with Gasteiger partial charge in [0.2, 0.25) is 5.91 Å². The molecule has 0 aliphatic rings. The molecule has 0 unspecified atom stereocenters. The van der Waals surface area contributed by atoms with E-state index in [1.807, 2.05) is 12.3 Å². The van der Waals surface area contributed by atoms with Gasteiger partial charge in [0, 0.05) is 11.1 Å². The van der Waals surface area contributed by atoms with Crippen molar-refractivity contribution in [3.05, 3.63) is 34.3 Å². The van der Waals surface area contributed by atoms with Gasteiger partial charge in [-0.1, -0.05) is 6.92 Å². The number of aromatic nitrogens is 1.